The van der Waals surface area contributed by atoms with Gasteiger partial charge in [0.15, 0.2) is 0 Å². The summed E-state index contributed by atoms with van der Waals surface area (Å²) < 4.78 is 1.01. The summed E-state index contributed by atoms with van der Waals surface area (Å²) >= 11 is 3.41. The van der Waals surface area contributed by atoms with Gasteiger partial charge in [-0.15, -0.1) is 0 Å². The zero-order valence-corrected chi connectivity index (χ0v) is 13.6. The molecule has 2 amide bonds. The van der Waals surface area contributed by atoms with E-state index >= 15 is 0 Å². The average molecular weight is 351 g/mol. The first kappa shape index (κ1) is 14.6. The Balaban J connectivity index is 1.86. The largest absolute Gasteiger partial charge is 0.340 e. The van der Waals surface area contributed by atoms with Crippen molar-refractivity contribution in [1.29, 1.82) is 0 Å². The Morgan fingerprint density at radius 2 is 1.86 bits per heavy atom. The second kappa shape index (κ2) is 5.44. The van der Waals surface area contributed by atoms with Gasteiger partial charge in [-0.1, -0.05) is 40.9 Å². The van der Waals surface area contributed by atoms with E-state index in [1.54, 1.807) is 11.8 Å². The van der Waals surface area contributed by atoms with Crippen molar-refractivity contribution in [3.05, 3.63) is 34.3 Å². The minimum atomic E-state index is -0.640. The van der Waals surface area contributed by atoms with Gasteiger partial charge in [-0.3, -0.25) is 9.59 Å². The Hall–Kier alpha value is -1.36. The molecule has 1 heterocycles. The summed E-state index contributed by atoms with van der Waals surface area (Å²) in [7, 11) is 0. The maximum absolute atomic E-state index is 12.9. The minimum absolute atomic E-state index is 0.0337. The van der Waals surface area contributed by atoms with Gasteiger partial charge in [-0.05, 0) is 37.5 Å². The Morgan fingerprint density at radius 3 is 2.48 bits per heavy atom. The normalized spacial score (nSPS) is 24.5. The number of carbonyl (C=O) groups excluding carboxylic acids is 2. The fourth-order valence-electron chi connectivity index (χ4n) is 3.30. The summed E-state index contributed by atoms with van der Waals surface area (Å²) in [6.45, 7) is 2.29. The molecule has 5 heteroatoms. The molecule has 0 bridgehead atoms. The lowest BCUT2D eigenvalue weighted by Gasteiger charge is -2.43. The monoisotopic (exact) mass is 350 g/mol. The van der Waals surface area contributed by atoms with Crippen LogP contribution in [0.15, 0.2) is 28.7 Å². The molecule has 4 nitrogen and oxygen atoms in total. The van der Waals surface area contributed by atoms with Crippen LogP contribution in [0.4, 0.5) is 0 Å². The molecule has 1 N–H and O–H groups in total. The van der Waals surface area contributed by atoms with Crippen molar-refractivity contribution in [2.75, 3.05) is 0 Å². The Morgan fingerprint density at radius 1 is 1.24 bits per heavy atom. The average Bonchev–Trinajstić information content (AvgIpc) is 2.93. The second-order valence-electron chi connectivity index (χ2n) is 6.01. The van der Waals surface area contributed by atoms with Crippen LogP contribution in [0.25, 0.3) is 0 Å². The number of halogens is 1. The lowest BCUT2D eigenvalue weighted by molar-refractivity contribution is -0.154. The van der Waals surface area contributed by atoms with Gasteiger partial charge in [0.05, 0.1) is 0 Å². The highest BCUT2D eigenvalue weighted by molar-refractivity contribution is 9.10. The molecule has 21 heavy (non-hydrogen) atoms. The standard InChI is InChI=1S/C16H19BrN2O2/c1-11-14(20)18-16(8-2-3-9-16)15(21)19(11)10-12-4-6-13(17)7-5-12/h4-7,11H,2-3,8-10H2,1H3,(H,18,20). The zero-order chi connectivity index (χ0) is 15.0. The third-order valence-corrected chi connectivity index (χ3v) is 5.13. The van der Waals surface area contributed by atoms with E-state index in [1.807, 2.05) is 24.3 Å². The minimum Gasteiger partial charge on any atom is -0.340 e. The van der Waals surface area contributed by atoms with Gasteiger partial charge >= 0.3 is 0 Å². The lowest BCUT2D eigenvalue weighted by atomic mass is 9.90. The van der Waals surface area contributed by atoms with Crippen molar-refractivity contribution in [3.8, 4) is 0 Å². The van der Waals surface area contributed by atoms with E-state index in [-0.39, 0.29) is 11.8 Å². The molecule has 2 aliphatic rings. The first-order valence-corrected chi connectivity index (χ1v) is 8.19. The van der Waals surface area contributed by atoms with Gasteiger partial charge in [-0.2, -0.15) is 0 Å². The highest BCUT2D eigenvalue weighted by atomic mass is 79.9. The first-order valence-electron chi connectivity index (χ1n) is 7.39. The van der Waals surface area contributed by atoms with Gasteiger partial charge in [0.25, 0.3) is 0 Å². The lowest BCUT2D eigenvalue weighted by Crippen LogP contribution is -2.68. The molecule has 1 aromatic rings. The predicted molar refractivity (Wildman–Crippen MR) is 83.5 cm³/mol. The third-order valence-electron chi connectivity index (χ3n) is 4.60. The van der Waals surface area contributed by atoms with E-state index in [0.29, 0.717) is 6.54 Å². The number of hydrogen-bond donors (Lipinski definition) is 1. The van der Waals surface area contributed by atoms with Gasteiger partial charge in [0.2, 0.25) is 11.8 Å². The van der Waals surface area contributed by atoms with Crippen molar-refractivity contribution in [3.63, 3.8) is 0 Å². The molecular formula is C16H19BrN2O2. The summed E-state index contributed by atoms with van der Waals surface area (Å²) in [6, 6.07) is 7.47. The molecule has 1 spiro atoms. The Kier molecular flexibility index (Phi) is 3.78. The molecule has 1 saturated heterocycles. The summed E-state index contributed by atoms with van der Waals surface area (Å²) in [4.78, 5) is 26.9. The summed E-state index contributed by atoms with van der Waals surface area (Å²) in [5.74, 6) is 0.0450. The second-order valence-corrected chi connectivity index (χ2v) is 6.93. The van der Waals surface area contributed by atoms with Crippen LogP contribution in [-0.2, 0) is 16.1 Å². The van der Waals surface area contributed by atoms with E-state index < -0.39 is 11.6 Å². The van der Waals surface area contributed by atoms with Crippen molar-refractivity contribution >= 4 is 27.7 Å². The van der Waals surface area contributed by atoms with Crippen LogP contribution in [0.1, 0.15) is 38.2 Å². The molecular weight excluding hydrogens is 332 g/mol. The number of piperazine rings is 1. The van der Waals surface area contributed by atoms with Crippen LogP contribution in [0.5, 0.6) is 0 Å². The van der Waals surface area contributed by atoms with Crippen LogP contribution < -0.4 is 5.32 Å². The van der Waals surface area contributed by atoms with Crippen LogP contribution in [0.3, 0.4) is 0 Å². The third kappa shape index (κ3) is 2.59. The number of nitrogens with zero attached hydrogens (tertiary/aromatic N) is 1. The number of benzene rings is 1. The molecule has 1 atom stereocenters. The Labute approximate surface area is 133 Å². The van der Waals surface area contributed by atoms with Crippen LogP contribution in [0.2, 0.25) is 0 Å². The highest BCUT2D eigenvalue weighted by Gasteiger charge is 2.50. The fourth-order valence-corrected chi connectivity index (χ4v) is 3.56. The van der Waals surface area contributed by atoms with Crippen molar-refractivity contribution < 1.29 is 9.59 Å². The maximum Gasteiger partial charge on any atom is 0.249 e. The number of amides is 2. The maximum atomic E-state index is 12.9. The molecule has 1 aliphatic heterocycles. The van der Waals surface area contributed by atoms with Gasteiger partial charge in [0, 0.05) is 11.0 Å². The van der Waals surface area contributed by atoms with Crippen LogP contribution in [0, 0.1) is 0 Å². The molecule has 1 aliphatic carbocycles. The van der Waals surface area contributed by atoms with E-state index in [1.165, 1.54) is 0 Å². The molecule has 0 aromatic heterocycles. The van der Waals surface area contributed by atoms with E-state index in [0.717, 1.165) is 35.7 Å². The van der Waals surface area contributed by atoms with Crippen molar-refractivity contribution in [2.24, 2.45) is 0 Å². The smallest absolute Gasteiger partial charge is 0.249 e. The predicted octanol–water partition coefficient (Wildman–Crippen LogP) is 2.61. The quantitative estimate of drug-likeness (QED) is 0.891. The van der Waals surface area contributed by atoms with Crippen LogP contribution in [-0.4, -0.2) is 28.3 Å². The van der Waals surface area contributed by atoms with Crippen LogP contribution >= 0.6 is 15.9 Å². The SMILES string of the molecule is CC1C(=O)NC2(CCCC2)C(=O)N1Cc1ccc(Br)cc1. The molecule has 1 unspecified atom stereocenters. The Bertz CT molecular complexity index is 564. The molecule has 2 fully saturated rings. The molecule has 1 saturated carbocycles. The molecule has 112 valence electrons. The number of carbonyl (C=O) groups is 2. The summed E-state index contributed by atoms with van der Waals surface area (Å²) in [6.07, 6.45) is 3.54. The van der Waals surface area contributed by atoms with E-state index in [2.05, 4.69) is 21.2 Å². The van der Waals surface area contributed by atoms with Gasteiger partial charge in [-0.25, -0.2) is 0 Å². The van der Waals surface area contributed by atoms with E-state index in [4.69, 9.17) is 0 Å². The summed E-state index contributed by atoms with van der Waals surface area (Å²) in [5, 5.41) is 2.98. The number of nitrogens with one attached hydrogen (secondary N) is 1. The number of rotatable bonds is 2. The number of hydrogen-bond acceptors (Lipinski definition) is 2. The van der Waals surface area contributed by atoms with Crippen molar-refractivity contribution in [1.82, 2.24) is 10.2 Å². The zero-order valence-electron chi connectivity index (χ0n) is 12.1. The molecule has 0 radical (unpaired) electrons. The van der Waals surface area contributed by atoms with Crippen molar-refractivity contribution in [2.45, 2.75) is 50.7 Å². The summed E-state index contributed by atoms with van der Waals surface area (Å²) in [5.41, 5.74) is 0.403. The van der Waals surface area contributed by atoms with E-state index in [9.17, 15) is 9.59 Å². The fraction of sp³-hybridized carbons (Fsp3) is 0.500. The topological polar surface area (TPSA) is 49.4 Å². The van der Waals surface area contributed by atoms with Gasteiger partial charge in [0.1, 0.15) is 11.6 Å². The molecule has 1 aromatic carbocycles. The van der Waals surface area contributed by atoms with Gasteiger partial charge < -0.3 is 10.2 Å². The molecule has 3 rings (SSSR count). The highest BCUT2D eigenvalue weighted by Crippen LogP contribution is 2.35. The first-order chi connectivity index (χ1) is 10.0.